The Morgan fingerprint density at radius 2 is 2.10 bits per heavy atom. The predicted molar refractivity (Wildman–Crippen MR) is 48.7 cm³/mol. The Hall–Kier alpha value is 0.310. The highest BCUT2D eigenvalue weighted by atomic mass is 32.1. The number of thiol groups is 1. The second-order valence-corrected chi connectivity index (χ2v) is 4.64. The van der Waals surface area contributed by atoms with Crippen molar-refractivity contribution in [1.29, 1.82) is 0 Å². The second-order valence-electron chi connectivity index (χ2n) is 3.75. The van der Waals surface area contributed by atoms with Gasteiger partial charge in [0, 0.05) is 11.3 Å². The van der Waals surface area contributed by atoms with Gasteiger partial charge in [-0.05, 0) is 25.9 Å². The van der Waals surface area contributed by atoms with Crippen molar-refractivity contribution in [2.24, 2.45) is 5.92 Å². The van der Waals surface area contributed by atoms with E-state index in [0.717, 1.165) is 6.54 Å². The summed E-state index contributed by atoms with van der Waals surface area (Å²) in [7, 11) is 2.17. The van der Waals surface area contributed by atoms with Crippen LogP contribution in [0, 0.1) is 5.92 Å². The van der Waals surface area contributed by atoms with E-state index >= 15 is 0 Å². The van der Waals surface area contributed by atoms with Gasteiger partial charge in [0.1, 0.15) is 0 Å². The van der Waals surface area contributed by atoms with Crippen LogP contribution in [0.1, 0.15) is 20.3 Å². The van der Waals surface area contributed by atoms with E-state index < -0.39 is 0 Å². The van der Waals surface area contributed by atoms with Crippen LogP contribution in [0.25, 0.3) is 0 Å². The van der Waals surface area contributed by atoms with Crippen molar-refractivity contribution in [3.8, 4) is 0 Å². The summed E-state index contributed by atoms with van der Waals surface area (Å²) in [6.45, 7) is 6.87. The molecule has 0 bridgehead atoms. The van der Waals surface area contributed by atoms with Gasteiger partial charge in [-0.2, -0.15) is 12.6 Å². The maximum atomic E-state index is 4.69. The molecule has 1 heterocycles. The Kier molecular flexibility index (Phi) is 2.31. The van der Waals surface area contributed by atoms with Gasteiger partial charge in [0.2, 0.25) is 0 Å². The van der Waals surface area contributed by atoms with E-state index in [2.05, 4.69) is 25.8 Å². The zero-order valence-corrected chi connectivity index (χ0v) is 7.99. The summed E-state index contributed by atoms with van der Waals surface area (Å²) in [5.41, 5.74) is 0. The van der Waals surface area contributed by atoms with E-state index in [4.69, 9.17) is 12.6 Å². The van der Waals surface area contributed by atoms with Crippen molar-refractivity contribution in [2.45, 2.75) is 25.0 Å². The van der Waals surface area contributed by atoms with Gasteiger partial charge in [0.05, 0.1) is 0 Å². The number of likely N-dealkylation sites (tertiary alicyclic amines) is 1. The fourth-order valence-corrected chi connectivity index (χ4v) is 1.82. The number of rotatable bonds is 1. The van der Waals surface area contributed by atoms with Crippen molar-refractivity contribution in [3.05, 3.63) is 0 Å². The van der Waals surface area contributed by atoms with Gasteiger partial charge in [0.15, 0.2) is 0 Å². The first-order valence-corrected chi connectivity index (χ1v) is 4.40. The molecule has 1 fully saturated rings. The molecule has 1 atom stereocenters. The Bertz CT molecular complexity index is 124. The first-order valence-electron chi connectivity index (χ1n) is 3.95. The molecule has 0 aliphatic carbocycles. The molecule has 1 saturated heterocycles. The summed E-state index contributed by atoms with van der Waals surface area (Å²) >= 11 is 4.69. The molecule has 0 aromatic carbocycles. The maximum absolute atomic E-state index is 4.69. The molecule has 1 rings (SSSR count). The van der Waals surface area contributed by atoms with E-state index in [1.807, 2.05) is 0 Å². The van der Waals surface area contributed by atoms with E-state index in [9.17, 15) is 0 Å². The molecule has 0 amide bonds. The molecule has 0 radical (unpaired) electrons. The van der Waals surface area contributed by atoms with Crippen LogP contribution >= 0.6 is 12.6 Å². The molecule has 0 saturated carbocycles. The number of hydrogen-bond donors (Lipinski definition) is 1. The van der Waals surface area contributed by atoms with E-state index in [0.29, 0.717) is 5.92 Å². The van der Waals surface area contributed by atoms with E-state index in [1.165, 1.54) is 13.0 Å². The van der Waals surface area contributed by atoms with Crippen LogP contribution in [-0.4, -0.2) is 29.8 Å². The Morgan fingerprint density at radius 3 is 2.30 bits per heavy atom. The molecule has 2 heteroatoms. The minimum atomic E-state index is 0.286. The molecule has 0 spiro atoms. The summed E-state index contributed by atoms with van der Waals surface area (Å²) in [4.78, 5) is 2.35. The second kappa shape index (κ2) is 2.74. The van der Waals surface area contributed by atoms with Crippen molar-refractivity contribution >= 4 is 12.6 Å². The third-order valence-electron chi connectivity index (χ3n) is 2.54. The minimum Gasteiger partial charge on any atom is -0.305 e. The summed E-state index contributed by atoms with van der Waals surface area (Å²) in [6, 6.07) is 0. The van der Waals surface area contributed by atoms with Gasteiger partial charge in [-0.3, -0.25) is 0 Å². The fraction of sp³-hybridized carbons (Fsp3) is 1.00. The molecule has 1 unspecified atom stereocenters. The Morgan fingerprint density at radius 1 is 1.50 bits per heavy atom. The van der Waals surface area contributed by atoms with E-state index in [1.54, 1.807) is 0 Å². The molecular formula is C8H17NS. The van der Waals surface area contributed by atoms with Crippen molar-refractivity contribution in [2.75, 3.05) is 20.1 Å². The molecular weight excluding hydrogens is 142 g/mol. The van der Waals surface area contributed by atoms with Crippen LogP contribution in [0.5, 0.6) is 0 Å². The van der Waals surface area contributed by atoms with Gasteiger partial charge in [-0.1, -0.05) is 13.8 Å². The largest absolute Gasteiger partial charge is 0.305 e. The Labute approximate surface area is 69.2 Å². The molecule has 1 nitrogen and oxygen atoms in total. The average Bonchev–Trinajstić information content (AvgIpc) is 2.13. The monoisotopic (exact) mass is 159 g/mol. The fourth-order valence-electron chi connectivity index (χ4n) is 1.48. The normalized spacial score (nSPS) is 35.7. The van der Waals surface area contributed by atoms with Crippen molar-refractivity contribution in [3.63, 3.8) is 0 Å². The van der Waals surface area contributed by atoms with Crippen molar-refractivity contribution < 1.29 is 0 Å². The molecule has 0 N–H and O–H groups in total. The molecule has 0 aromatic heterocycles. The van der Waals surface area contributed by atoms with Gasteiger partial charge in [-0.15, -0.1) is 0 Å². The molecule has 10 heavy (non-hydrogen) atoms. The molecule has 60 valence electrons. The average molecular weight is 159 g/mol. The highest BCUT2D eigenvalue weighted by molar-refractivity contribution is 7.81. The summed E-state index contributed by atoms with van der Waals surface area (Å²) in [5.74, 6) is 0.695. The standard InChI is InChI=1S/C8H17NS/c1-7(2)8(10)4-5-9(3)6-8/h7,10H,4-6H2,1-3H3. The van der Waals surface area contributed by atoms with Gasteiger partial charge in [0.25, 0.3) is 0 Å². The summed E-state index contributed by atoms with van der Waals surface area (Å²) < 4.78 is 0.286. The quantitative estimate of drug-likeness (QED) is 0.569. The first-order chi connectivity index (χ1) is 4.54. The van der Waals surface area contributed by atoms with Gasteiger partial charge >= 0.3 is 0 Å². The molecule has 1 aliphatic rings. The lowest BCUT2D eigenvalue weighted by atomic mass is 9.94. The van der Waals surface area contributed by atoms with Gasteiger partial charge < -0.3 is 4.90 Å². The minimum absolute atomic E-state index is 0.286. The van der Waals surface area contributed by atoms with Crippen LogP contribution < -0.4 is 0 Å². The highest BCUT2D eigenvalue weighted by Crippen LogP contribution is 2.33. The van der Waals surface area contributed by atoms with Gasteiger partial charge in [-0.25, -0.2) is 0 Å². The van der Waals surface area contributed by atoms with E-state index in [-0.39, 0.29) is 4.75 Å². The smallest absolute Gasteiger partial charge is 0.0291 e. The third kappa shape index (κ3) is 1.48. The lowest BCUT2D eigenvalue weighted by molar-refractivity contribution is 0.377. The molecule has 0 aromatic rings. The van der Waals surface area contributed by atoms with Crippen molar-refractivity contribution in [1.82, 2.24) is 4.90 Å². The Balaban J connectivity index is 2.54. The highest BCUT2D eigenvalue weighted by Gasteiger charge is 2.35. The summed E-state index contributed by atoms with van der Waals surface area (Å²) in [6.07, 6.45) is 1.24. The van der Waals surface area contributed by atoms with Crippen LogP contribution in [-0.2, 0) is 0 Å². The van der Waals surface area contributed by atoms with Crippen LogP contribution in [0.2, 0.25) is 0 Å². The van der Waals surface area contributed by atoms with Crippen LogP contribution in [0.3, 0.4) is 0 Å². The third-order valence-corrected chi connectivity index (χ3v) is 3.43. The maximum Gasteiger partial charge on any atom is 0.0291 e. The lowest BCUT2D eigenvalue weighted by Gasteiger charge is -2.26. The van der Waals surface area contributed by atoms with Crippen LogP contribution in [0.4, 0.5) is 0 Å². The topological polar surface area (TPSA) is 3.24 Å². The summed E-state index contributed by atoms with van der Waals surface area (Å²) in [5, 5.41) is 0. The number of hydrogen-bond acceptors (Lipinski definition) is 2. The predicted octanol–water partition coefficient (Wildman–Crippen LogP) is 1.65. The SMILES string of the molecule is CC(C)C1(S)CCN(C)C1. The molecule has 1 aliphatic heterocycles. The first kappa shape index (κ1) is 8.41. The lowest BCUT2D eigenvalue weighted by Crippen LogP contribution is -2.31. The van der Waals surface area contributed by atoms with Crippen LogP contribution in [0.15, 0.2) is 0 Å². The zero-order chi connectivity index (χ0) is 7.78. The zero-order valence-electron chi connectivity index (χ0n) is 7.09. The number of nitrogens with zero attached hydrogens (tertiary/aromatic N) is 1.